The number of fused-ring (bicyclic) bond motifs is 4. The highest BCUT2D eigenvalue weighted by atomic mass is 32.2. The number of carboxylic acid groups (broad SMARTS) is 1. The first-order valence-corrected chi connectivity index (χ1v) is 20.2. The van der Waals surface area contributed by atoms with Crippen LogP contribution in [-0.4, -0.2) is 58.6 Å². The molecule has 4 aliphatic carbocycles. The maximum atomic E-state index is 13.7. The lowest BCUT2D eigenvalue weighted by Gasteiger charge is -2.64. The van der Waals surface area contributed by atoms with Crippen molar-refractivity contribution in [3.05, 3.63) is 53.6 Å². The van der Waals surface area contributed by atoms with Crippen molar-refractivity contribution >= 4 is 29.2 Å². The molecule has 5 aliphatic rings. The molecular formula is C42H62N2O3S. The molecule has 1 amide bonds. The monoisotopic (exact) mass is 674 g/mol. The van der Waals surface area contributed by atoms with Gasteiger partial charge in [0.1, 0.15) is 0 Å². The summed E-state index contributed by atoms with van der Waals surface area (Å²) in [4.78, 5) is 27.6. The van der Waals surface area contributed by atoms with Gasteiger partial charge in [0.05, 0.1) is 12.1 Å². The van der Waals surface area contributed by atoms with Crippen molar-refractivity contribution in [2.24, 2.45) is 45.8 Å². The van der Waals surface area contributed by atoms with Crippen LogP contribution in [0.3, 0.4) is 0 Å². The molecule has 1 aliphatic heterocycles. The highest BCUT2D eigenvalue weighted by Crippen LogP contribution is 2.68. The normalized spacial score (nSPS) is 38.5. The van der Waals surface area contributed by atoms with Crippen molar-refractivity contribution in [2.45, 2.75) is 111 Å². The number of rotatable bonds is 6. The van der Waals surface area contributed by atoms with Gasteiger partial charge in [-0.25, -0.2) is 4.79 Å². The highest BCUT2D eigenvalue weighted by Gasteiger charge is 2.60. The summed E-state index contributed by atoms with van der Waals surface area (Å²) in [5, 5.41) is 13.3. The largest absolute Gasteiger partial charge is 0.478 e. The average Bonchev–Trinajstić information content (AvgIpc) is 3.39. The fourth-order valence-electron chi connectivity index (χ4n) is 12.1. The Morgan fingerprint density at radius 1 is 0.938 bits per heavy atom. The molecule has 5 nitrogen and oxygen atoms in total. The van der Waals surface area contributed by atoms with Crippen LogP contribution >= 0.6 is 11.8 Å². The molecule has 264 valence electrons. The number of thioether (sulfide) groups is 1. The first kappa shape index (κ1) is 35.8. The minimum absolute atomic E-state index is 0.000602. The number of nitrogens with zero attached hydrogens (tertiary/aromatic N) is 1. The van der Waals surface area contributed by atoms with Crippen molar-refractivity contribution in [3.63, 3.8) is 0 Å². The lowest BCUT2D eigenvalue weighted by atomic mass is 9.40. The Balaban J connectivity index is 1.27. The molecule has 2 N–H and O–H groups in total. The fourth-order valence-corrected chi connectivity index (χ4v) is 13.1. The number of benzene rings is 1. The van der Waals surface area contributed by atoms with Gasteiger partial charge in [0.2, 0.25) is 5.91 Å². The van der Waals surface area contributed by atoms with E-state index in [4.69, 9.17) is 0 Å². The van der Waals surface area contributed by atoms with E-state index in [1.54, 1.807) is 12.1 Å². The third-order valence-electron chi connectivity index (χ3n) is 14.9. The van der Waals surface area contributed by atoms with E-state index in [9.17, 15) is 14.7 Å². The first-order chi connectivity index (χ1) is 22.7. The molecule has 8 atom stereocenters. The Labute approximate surface area is 295 Å². The molecule has 8 unspecified atom stereocenters. The number of carbonyl (C=O) groups excluding carboxylic acids is 1. The lowest BCUT2D eigenvalue weighted by Crippen LogP contribution is -2.58. The third-order valence-corrected chi connectivity index (χ3v) is 15.8. The molecule has 1 aromatic rings. The zero-order valence-corrected chi connectivity index (χ0v) is 31.5. The molecule has 1 saturated heterocycles. The molecule has 0 radical (unpaired) electrons. The Hall–Kier alpha value is -2.05. The van der Waals surface area contributed by atoms with Gasteiger partial charge in [-0.2, -0.15) is 11.8 Å². The van der Waals surface area contributed by atoms with Crippen molar-refractivity contribution in [1.82, 2.24) is 10.2 Å². The van der Waals surface area contributed by atoms with E-state index in [-0.39, 0.29) is 27.7 Å². The van der Waals surface area contributed by atoms with Crippen LogP contribution in [0.2, 0.25) is 0 Å². The Morgan fingerprint density at radius 3 is 2.29 bits per heavy atom. The molecule has 0 aromatic heterocycles. The van der Waals surface area contributed by atoms with E-state index in [1.807, 2.05) is 23.9 Å². The number of allylic oxidation sites excluding steroid dienone is 3. The van der Waals surface area contributed by atoms with E-state index < -0.39 is 5.97 Å². The molecule has 4 fully saturated rings. The summed E-state index contributed by atoms with van der Waals surface area (Å²) in [5.74, 6) is 4.35. The maximum Gasteiger partial charge on any atom is 0.335 e. The summed E-state index contributed by atoms with van der Waals surface area (Å²) >= 11 is 2.00. The lowest BCUT2D eigenvalue weighted by molar-refractivity contribution is -0.127. The minimum Gasteiger partial charge on any atom is -0.478 e. The zero-order valence-electron chi connectivity index (χ0n) is 30.7. The van der Waals surface area contributed by atoms with Gasteiger partial charge in [0.15, 0.2) is 0 Å². The summed E-state index contributed by atoms with van der Waals surface area (Å²) in [7, 11) is 0. The number of aromatic carboxylic acids is 1. The fraction of sp³-hybridized carbons (Fsp3) is 0.714. The van der Waals surface area contributed by atoms with Crippen molar-refractivity contribution in [2.75, 3.05) is 31.1 Å². The number of hydrogen-bond donors (Lipinski definition) is 2. The Bertz CT molecular complexity index is 1410. The van der Waals surface area contributed by atoms with Crippen LogP contribution < -0.4 is 5.32 Å². The number of nitrogens with one attached hydrogen (secondary N) is 1. The number of amides is 1. The van der Waals surface area contributed by atoms with Gasteiger partial charge in [-0.1, -0.05) is 71.4 Å². The van der Waals surface area contributed by atoms with Crippen LogP contribution in [0, 0.1) is 45.8 Å². The SMILES string of the molecule is C=C(C)C1CCC2(NC(=O)CN3CCSCC3)CCC(C)C3(C)CCC4C(C)(C)C(c5ccc(C(=O)O)cc5)=CCC4(C)C3CCCC12. The van der Waals surface area contributed by atoms with E-state index in [0.717, 1.165) is 56.7 Å². The predicted octanol–water partition coefficient (Wildman–Crippen LogP) is 9.34. The van der Waals surface area contributed by atoms with Crippen LogP contribution in [0.5, 0.6) is 0 Å². The number of carbonyl (C=O) groups is 2. The summed E-state index contributed by atoms with van der Waals surface area (Å²) in [6.07, 6.45) is 14.2. The van der Waals surface area contributed by atoms with Crippen LogP contribution in [0.25, 0.3) is 5.57 Å². The van der Waals surface area contributed by atoms with E-state index in [0.29, 0.717) is 41.7 Å². The third kappa shape index (κ3) is 6.35. The molecule has 3 saturated carbocycles. The van der Waals surface area contributed by atoms with Gasteiger partial charge in [0, 0.05) is 30.1 Å². The van der Waals surface area contributed by atoms with Gasteiger partial charge in [-0.3, -0.25) is 9.69 Å². The van der Waals surface area contributed by atoms with Crippen LogP contribution in [-0.2, 0) is 4.79 Å². The van der Waals surface area contributed by atoms with Gasteiger partial charge >= 0.3 is 5.97 Å². The Kier molecular flexibility index (Phi) is 10.1. The quantitative estimate of drug-likeness (QED) is 0.295. The van der Waals surface area contributed by atoms with Gasteiger partial charge in [0.25, 0.3) is 0 Å². The minimum atomic E-state index is -0.869. The summed E-state index contributed by atoms with van der Waals surface area (Å²) in [6, 6.07) is 7.57. The maximum absolute atomic E-state index is 13.7. The molecular weight excluding hydrogens is 613 g/mol. The molecule has 1 heterocycles. The first-order valence-electron chi connectivity index (χ1n) is 19.0. The van der Waals surface area contributed by atoms with Crippen molar-refractivity contribution < 1.29 is 14.7 Å². The predicted molar refractivity (Wildman–Crippen MR) is 200 cm³/mol. The standard InChI is InChI=1S/C42H62N2O3S/c1-28(2)32-16-22-42(43-37(45)27-44-23-25-48-26-24-44)21-15-29(3)40(6)20-18-35-39(4,5)33(30-11-13-31(14-12-30)38(46)47)17-19-41(35,7)36(40)10-8-9-34(32)42/h11-14,17,29,32,34-36H,1,8-10,15-16,18-27H2,2-7H3,(H,43,45)(H,46,47). The number of carboxylic acids is 1. The van der Waals surface area contributed by atoms with E-state index >= 15 is 0 Å². The van der Waals surface area contributed by atoms with Gasteiger partial charge in [-0.15, -0.1) is 0 Å². The second-order valence-corrected chi connectivity index (χ2v) is 18.9. The molecule has 6 heteroatoms. The molecule has 0 bridgehead atoms. The molecule has 1 aromatic carbocycles. The molecule has 0 spiro atoms. The van der Waals surface area contributed by atoms with E-state index in [1.165, 1.54) is 48.8 Å². The number of hydrogen-bond acceptors (Lipinski definition) is 4. The average molecular weight is 675 g/mol. The van der Waals surface area contributed by atoms with Crippen LogP contribution in [0.1, 0.15) is 122 Å². The van der Waals surface area contributed by atoms with Gasteiger partial charge < -0.3 is 10.4 Å². The smallest absolute Gasteiger partial charge is 0.335 e. The molecule has 6 rings (SSSR count). The summed E-state index contributed by atoms with van der Waals surface area (Å²) < 4.78 is 0. The highest BCUT2D eigenvalue weighted by molar-refractivity contribution is 7.99. The van der Waals surface area contributed by atoms with Crippen molar-refractivity contribution in [1.29, 1.82) is 0 Å². The van der Waals surface area contributed by atoms with Crippen molar-refractivity contribution in [3.8, 4) is 0 Å². The second-order valence-electron chi connectivity index (χ2n) is 17.6. The topological polar surface area (TPSA) is 69.6 Å². The molecule has 48 heavy (non-hydrogen) atoms. The summed E-state index contributed by atoms with van der Waals surface area (Å²) in [6.45, 7) is 22.0. The second kappa shape index (κ2) is 13.6. The van der Waals surface area contributed by atoms with Crippen LogP contribution in [0.4, 0.5) is 0 Å². The summed E-state index contributed by atoms with van der Waals surface area (Å²) in [5.41, 5.74) is 4.54. The van der Waals surface area contributed by atoms with Crippen LogP contribution in [0.15, 0.2) is 42.5 Å². The zero-order chi connectivity index (χ0) is 34.5. The Morgan fingerprint density at radius 2 is 1.62 bits per heavy atom. The van der Waals surface area contributed by atoms with E-state index in [2.05, 4.69) is 64.4 Å². The van der Waals surface area contributed by atoms with Gasteiger partial charge in [-0.05, 0) is 134 Å².